The number of fused-ring (bicyclic) bond motifs is 15. The standard InChI is InChI=1S/C62H70F3N7O14/c1-29-11-10-12-30(2)60(81)67-49-40(26-66-71-20-18-69(19-21-71)37-15-17-70(27-37)59-43(65)24-38-53(77)41(61(82)83)28-72(58(38)68-59)44-14-13-36(63)23-42(44)64)54(78)47-46-39(31(3)52(76)48(47)55(49)79)25-62(8,57(46)80)85-22-16-45(84-9)32(4)56(86-35(7)73)34(6)51(75)33(5)50(29)74/h10-14,16,22-24,26,28-29,32-34,37,45,50-51,56,74-76,78-79H,15,17-21,25,27H2,1-9H3,(H,67,81)(H,82,83)/b11-10+,22-16+,30-12-,66-26+/t29-,32+,33+,34+,37?,45-,50-,51+,56+,62-/m0/s1. The van der Waals surface area contributed by atoms with Crippen molar-refractivity contribution >= 4 is 63.2 Å². The number of carbonyl (C=O) groups is 4. The zero-order valence-corrected chi connectivity index (χ0v) is 49.0. The van der Waals surface area contributed by atoms with Gasteiger partial charge in [-0.05, 0) is 62.6 Å². The average molecular weight is 1190 g/mol. The Balaban J connectivity index is 1.02. The smallest absolute Gasteiger partial charge is 0.341 e. The van der Waals surface area contributed by atoms with Gasteiger partial charge in [0.2, 0.25) is 11.2 Å². The first-order valence-corrected chi connectivity index (χ1v) is 28.3. The molecule has 1 amide bonds. The normalized spacial score (nSPS) is 27.6. The summed E-state index contributed by atoms with van der Waals surface area (Å²) in [6.07, 6.45) is 5.99. The summed E-state index contributed by atoms with van der Waals surface area (Å²) in [4.78, 5) is 75.1. The Kier molecular flexibility index (Phi) is 17.8. The van der Waals surface area contributed by atoms with E-state index >= 15 is 8.78 Å². The number of hydrazone groups is 1. The molecule has 1 aliphatic carbocycles. The minimum absolute atomic E-state index is 0.0524. The Bertz CT molecular complexity index is 3750. The molecule has 10 atom stereocenters. The molecule has 1 unspecified atom stereocenters. The number of nitrogens with zero attached hydrogens (tertiary/aromatic N) is 6. The van der Waals surface area contributed by atoms with Crippen molar-refractivity contribution < 1.29 is 77.2 Å². The van der Waals surface area contributed by atoms with E-state index in [1.165, 1.54) is 52.5 Å². The van der Waals surface area contributed by atoms with E-state index in [2.05, 4.69) is 15.2 Å². The number of aromatic nitrogens is 2. The monoisotopic (exact) mass is 1190 g/mol. The number of ketones is 1. The molecule has 2 saturated heterocycles. The highest BCUT2D eigenvalue weighted by molar-refractivity contribution is 6.23. The van der Waals surface area contributed by atoms with Gasteiger partial charge in [0, 0.05) is 118 Å². The molecule has 0 spiro atoms. The Morgan fingerprint density at radius 1 is 0.895 bits per heavy atom. The third kappa shape index (κ3) is 11.6. The van der Waals surface area contributed by atoms with Crippen molar-refractivity contribution in [2.24, 2.45) is 28.8 Å². The predicted octanol–water partition coefficient (Wildman–Crippen LogP) is 7.01. The van der Waals surface area contributed by atoms with Crippen LogP contribution >= 0.6 is 0 Å². The zero-order chi connectivity index (χ0) is 62.5. The number of carboxylic acids is 1. The maximum absolute atomic E-state index is 16.0. The number of aliphatic hydroxyl groups excluding tert-OH is 2. The second-order valence-electron chi connectivity index (χ2n) is 23.1. The fraction of sp³-hybridized carbons (Fsp3) is 0.435. The predicted molar refractivity (Wildman–Crippen MR) is 312 cm³/mol. The van der Waals surface area contributed by atoms with Crippen molar-refractivity contribution in [2.75, 3.05) is 56.6 Å². The molecule has 86 heavy (non-hydrogen) atoms. The number of phenolic OH excluding ortho intramolecular Hbond substituents is 3. The summed E-state index contributed by atoms with van der Waals surface area (Å²) in [5, 5.41) is 77.7. The number of carbonyl (C=O) groups excluding carboxylic acids is 3. The van der Waals surface area contributed by atoms with Crippen LogP contribution in [0.1, 0.15) is 92.3 Å². The Labute approximate surface area is 492 Å². The summed E-state index contributed by atoms with van der Waals surface area (Å²) in [5.74, 6) is -11.1. The Hall–Kier alpha value is -8.32. The van der Waals surface area contributed by atoms with Crippen LogP contribution in [0.25, 0.3) is 27.5 Å². The second kappa shape index (κ2) is 24.6. The van der Waals surface area contributed by atoms with Crippen LogP contribution in [0.5, 0.6) is 17.2 Å². The van der Waals surface area contributed by atoms with Crippen LogP contribution in [0, 0.1) is 48.0 Å². The number of piperazine rings is 1. The summed E-state index contributed by atoms with van der Waals surface area (Å²) >= 11 is 0. The number of aliphatic hydroxyl groups is 2. The van der Waals surface area contributed by atoms with E-state index in [0.717, 1.165) is 29.0 Å². The van der Waals surface area contributed by atoms with Gasteiger partial charge in [-0.3, -0.25) is 33.7 Å². The molecule has 4 aliphatic heterocycles. The number of benzene rings is 3. The summed E-state index contributed by atoms with van der Waals surface area (Å²) < 4.78 is 64.1. The number of phenols is 3. The molecule has 21 nitrogen and oxygen atoms in total. The van der Waals surface area contributed by atoms with Gasteiger partial charge in [-0.1, -0.05) is 45.9 Å². The van der Waals surface area contributed by atoms with Crippen LogP contribution in [-0.2, 0) is 30.2 Å². The number of methoxy groups -OCH3 is 1. The zero-order valence-electron chi connectivity index (χ0n) is 49.0. The molecular formula is C62H70F3N7O14. The average Bonchev–Trinajstić information content (AvgIpc) is 1.44. The lowest BCUT2D eigenvalue weighted by Crippen LogP contribution is -2.49. The summed E-state index contributed by atoms with van der Waals surface area (Å²) in [6, 6.07) is 3.31. The molecule has 24 heteroatoms. The second-order valence-corrected chi connectivity index (χ2v) is 23.1. The molecule has 2 aromatic heterocycles. The van der Waals surface area contributed by atoms with E-state index in [1.807, 2.05) is 0 Å². The van der Waals surface area contributed by atoms with Crippen LogP contribution in [0.3, 0.4) is 0 Å². The Morgan fingerprint density at radius 2 is 1.60 bits per heavy atom. The highest BCUT2D eigenvalue weighted by Crippen LogP contribution is 2.53. The van der Waals surface area contributed by atoms with Gasteiger partial charge in [-0.15, -0.1) is 0 Å². The van der Waals surface area contributed by atoms with Crippen molar-refractivity contribution in [1.82, 2.24) is 19.5 Å². The van der Waals surface area contributed by atoms with Crippen LogP contribution < -0.4 is 15.6 Å². The largest absolute Gasteiger partial charge is 0.507 e. The molecule has 0 radical (unpaired) electrons. The van der Waals surface area contributed by atoms with E-state index in [4.69, 9.17) is 19.3 Å². The summed E-state index contributed by atoms with van der Waals surface area (Å²) in [5.41, 5.74) is -4.01. The van der Waals surface area contributed by atoms with Crippen molar-refractivity contribution in [1.29, 1.82) is 0 Å². The van der Waals surface area contributed by atoms with Crippen LogP contribution in [0.15, 0.2) is 76.5 Å². The molecule has 2 fully saturated rings. The highest BCUT2D eigenvalue weighted by Gasteiger charge is 2.48. The number of esters is 1. The third-order valence-corrected chi connectivity index (χ3v) is 17.5. The topological polar surface area (TPSA) is 286 Å². The number of hydrogen-bond donors (Lipinski definition) is 7. The molecule has 3 aromatic carbocycles. The number of rotatable bonds is 8. The van der Waals surface area contributed by atoms with Gasteiger partial charge in [-0.25, -0.2) is 22.9 Å². The number of aromatic hydroxyl groups is 3. The number of Topliss-reactive ketones (excluding diaryl/α,β-unsaturated/α-hetero) is 1. The van der Waals surface area contributed by atoms with Gasteiger partial charge in [0.1, 0.15) is 34.8 Å². The number of anilines is 2. The Morgan fingerprint density at radius 3 is 2.27 bits per heavy atom. The molecular weight excluding hydrogens is 1120 g/mol. The molecule has 6 heterocycles. The number of amides is 1. The minimum atomic E-state index is -1.65. The van der Waals surface area contributed by atoms with Crippen LogP contribution in [0.2, 0.25) is 0 Å². The van der Waals surface area contributed by atoms with Crippen LogP contribution in [0.4, 0.5) is 24.7 Å². The first-order valence-electron chi connectivity index (χ1n) is 28.3. The van der Waals surface area contributed by atoms with Crippen molar-refractivity contribution in [2.45, 2.75) is 104 Å². The number of nitrogens with one attached hydrogen (secondary N) is 1. The molecule has 0 saturated carbocycles. The lowest BCUT2D eigenvalue weighted by atomic mass is 9.78. The number of ether oxygens (including phenoxy) is 3. The summed E-state index contributed by atoms with van der Waals surface area (Å²) in [7, 11) is 1.43. The maximum Gasteiger partial charge on any atom is 0.341 e. The van der Waals surface area contributed by atoms with Crippen LogP contribution in [-0.4, -0.2) is 162 Å². The van der Waals surface area contributed by atoms with Crippen molar-refractivity contribution in [3.8, 4) is 22.9 Å². The van der Waals surface area contributed by atoms with Gasteiger partial charge in [0.25, 0.3) is 5.91 Å². The number of carboxylic acid groups (broad SMARTS) is 1. The van der Waals surface area contributed by atoms with Gasteiger partial charge in [0.15, 0.2) is 28.6 Å². The maximum atomic E-state index is 16.0. The first-order chi connectivity index (χ1) is 40.7. The molecule has 5 aromatic rings. The fourth-order valence-electron chi connectivity index (χ4n) is 12.3. The SMILES string of the molecule is CO[C@H]1/C=C/O[C@@]2(C)Cc3c(C)c(O)c4c(O)c(c(/C=N/N5CCN(C6CCN(c7nc8c(cc7F)c(=O)c(C(=O)O)cn8-c7ccc(F)cc7F)C6)CC5)c(O)c4c3C2=O)NC(=O)/C(C)=C\C=C\[C@H](C)[C@H](O)[C@@H](C)[C@@H](O)[C@@H](C)[C@H](OC(C)=O)[C@@H]1C. The van der Waals surface area contributed by atoms with Gasteiger partial charge < -0.3 is 55.1 Å². The van der Waals surface area contributed by atoms with E-state index in [0.29, 0.717) is 50.8 Å². The number of pyridine rings is 2. The first kappa shape index (κ1) is 62.2. The van der Waals surface area contributed by atoms with Crippen molar-refractivity contribution in [3.05, 3.63) is 122 Å². The highest BCUT2D eigenvalue weighted by atomic mass is 19.1. The van der Waals surface area contributed by atoms with E-state index < -0.39 is 128 Å². The quantitative estimate of drug-likeness (QED) is 0.0356. The van der Waals surface area contributed by atoms with E-state index in [-0.39, 0.29) is 74.9 Å². The van der Waals surface area contributed by atoms with Gasteiger partial charge >= 0.3 is 11.9 Å². The molecule has 5 bridgehead atoms. The van der Waals surface area contributed by atoms with Gasteiger partial charge in [0.05, 0.1) is 58.5 Å². The van der Waals surface area contributed by atoms with Crippen molar-refractivity contribution in [3.63, 3.8) is 0 Å². The third-order valence-electron chi connectivity index (χ3n) is 17.5. The number of aromatic carboxylic acids is 1. The van der Waals surface area contributed by atoms with E-state index in [9.17, 15) is 59.0 Å². The van der Waals surface area contributed by atoms with Gasteiger partial charge in [-0.2, -0.15) is 5.10 Å². The molecule has 458 valence electrons. The van der Waals surface area contributed by atoms with E-state index in [1.54, 1.807) is 56.7 Å². The molecule has 7 N–H and O–H groups in total. The fourth-order valence-corrected chi connectivity index (χ4v) is 12.3. The summed E-state index contributed by atoms with van der Waals surface area (Å²) in [6.45, 7) is 14.7. The number of allylic oxidation sites excluding steroid dienone is 2. The lowest BCUT2D eigenvalue weighted by molar-refractivity contribution is -0.160. The lowest BCUT2D eigenvalue weighted by Gasteiger charge is -2.38. The number of hydrogen-bond acceptors (Lipinski definition) is 18. The molecule has 10 rings (SSSR count). The number of halogens is 3. The minimum Gasteiger partial charge on any atom is -0.507 e. The molecule has 5 aliphatic rings.